The molecular formula is C10H14N3O2+. The smallest absolute Gasteiger partial charge is 0.283 e. The Morgan fingerprint density at radius 3 is 3.20 bits per heavy atom. The van der Waals surface area contributed by atoms with Crippen molar-refractivity contribution < 1.29 is 9.30 Å². The monoisotopic (exact) mass is 208 g/mol. The summed E-state index contributed by atoms with van der Waals surface area (Å²) in [7, 11) is 1.86. The first-order chi connectivity index (χ1) is 7.29. The van der Waals surface area contributed by atoms with Crippen molar-refractivity contribution in [3.05, 3.63) is 23.1 Å². The average Bonchev–Trinajstić information content (AvgIpc) is 2.57. The summed E-state index contributed by atoms with van der Waals surface area (Å²) in [5, 5.41) is 2.86. The van der Waals surface area contributed by atoms with Crippen LogP contribution in [-0.4, -0.2) is 11.2 Å². The van der Waals surface area contributed by atoms with Crippen LogP contribution in [0.3, 0.4) is 0 Å². The molecule has 0 radical (unpaired) electrons. The Morgan fingerprint density at radius 2 is 2.53 bits per heavy atom. The second kappa shape index (κ2) is 5.94. The number of nitrogens with zero attached hydrogens (tertiary/aromatic N) is 3. The van der Waals surface area contributed by atoms with Crippen molar-refractivity contribution in [3.63, 3.8) is 0 Å². The average molecular weight is 208 g/mol. The van der Waals surface area contributed by atoms with Gasteiger partial charge < -0.3 is 4.74 Å². The van der Waals surface area contributed by atoms with E-state index in [1.165, 1.54) is 0 Å². The molecule has 0 amide bonds. The Bertz CT molecular complexity index is 365. The highest BCUT2D eigenvalue weighted by atomic mass is 16.5. The predicted octanol–water partition coefficient (Wildman–Crippen LogP) is 0.576. The Morgan fingerprint density at radius 1 is 1.73 bits per heavy atom. The van der Waals surface area contributed by atoms with E-state index in [-0.39, 0.29) is 6.54 Å². The highest BCUT2D eigenvalue weighted by molar-refractivity contribution is 4.83. The van der Waals surface area contributed by atoms with Crippen molar-refractivity contribution in [3.8, 4) is 12.3 Å². The summed E-state index contributed by atoms with van der Waals surface area (Å²) >= 11 is 0. The van der Waals surface area contributed by atoms with Crippen LogP contribution in [0.2, 0.25) is 0 Å². The molecule has 0 aliphatic carbocycles. The minimum Gasteiger partial charge on any atom is -0.341 e. The van der Waals surface area contributed by atoms with Crippen LogP contribution in [0, 0.1) is 17.3 Å². The molecule has 80 valence electrons. The van der Waals surface area contributed by atoms with Crippen molar-refractivity contribution >= 4 is 0 Å². The minimum absolute atomic E-state index is 0.141. The molecule has 15 heavy (non-hydrogen) atoms. The highest BCUT2D eigenvalue weighted by Gasteiger charge is 2.13. The van der Waals surface area contributed by atoms with Gasteiger partial charge in [0.1, 0.15) is 12.4 Å². The Balaban J connectivity index is 2.53. The molecule has 0 atom stereocenters. The molecule has 0 bridgehead atoms. The van der Waals surface area contributed by atoms with Crippen molar-refractivity contribution in [2.24, 2.45) is 12.2 Å². The van der Waals surface area contributed by atoms with Crippen LogP contribution in [0.4, 0.5) is 0 Å². The molecule has 0 unspecified atom stereocenters. The Kier molecular flexibility index (Phi) is 4.51. The number of hydrogen-bond acceptors (Lipinski definition) is 3. The predicted molar refractivity (Wildman–Crippen MR) is 54.5 cm³/mol. The van der Waals surface area contributed by atoms with E-state index in [9.17, 15) is 4.91 Å². The number of aromatic nitrogens is 2. The summed E-state index contributed by atoms with van der Waals surface area (Å²) in [6, 6.07) is 0. The molecule has 5 nitrogen and oxygen atoms in total. The number of rotatable bonds is 6. The first kappa shape index (κ1) is 11.4. The fourth-order valence-electron chi connectivity index (χ4n) is 1.23. The van der Waals surface area contributed by atoms with Gasteiger partial charge in [-0.2, -0.15) is 4.91 Å². The number of imidazole rings is 1. The number of ether oxygens (including phenoxy) is 1. The van der Waals surface area contributed by atoms with E-state index in [2.05, 4.69) is 11.1 Å². The van der Waals surface area contributed by atoms with E-state index in [1.807, 2.05) is 28.6 Å². The van der Waals surface area contributed by atoms with E-state index in [1.54, 1.807) is 0 Å². The first-order valence-electron chi connectivity index (χ1n) is 4.63. The van der Waals surface area contributed by atoms with Crippen molar-refractivity contribution in [2.45, 2.75) is 19.7 Å². The Labute approximate surface area is 88.6 Å². The van der Waals surface area contributed by atoms with Gasteiger partial charge in [-0.15, -0.1) is 12.3 Å². The molecule has 1 rings (SSSR count). The molecule has 5 heteroatoms. The molecule has 1 aromatic rings. The molecule has 0 N–H and O–H groups in total. The second-order valence-corrected chi connectivity index (χ2v) is 3.07. The summed E-state index contributed by atoms with van der Waals surface area (Å²) in [5.41, 5.74) is 0. The number of terminal acetylenes is 1. The SMILES string of the molecule is C#CCCOCn1cc[n+](C)c1CN=O. The quantitative estimate of drug-likeness (QED) is 0.297. The van der Waals surface area contributed by atoms with Gasteiger partial charge in [-0.1, -0.05) is 5.18 Å². The lowest BCUT2D eigenvalue weighted by molar-refractivity contribution is -0.679. The normalized spacial score (nSPS) is 9.87. The van der Waals surface area contributed by atoms with Gasteiger partial charge in [-0.25, -0.2) is 9.13 Å². The van der Waals surface area contributed by atoms with Crippen molar-refractivity contribution in [1.29, 1.82) is 0 Å². The fourth-order valence-corrected chi connectivity index (χ4v) is 1.23. The molecule has 0 saturated heterocycles. The lowest BCUT2D eigenvalue weighted by atomic mass is 10.5. The van der Waals surface area contributed by atoms with Crippen LogP contribution in [0.1, 0.15) is 12.2 Å². The molecule has 0 aromatic carbocycles. The van der Waals surface area contributed by atoms with Crippen LogP contribution in [0.5, 0.6) is 0 Å². The maximum Gasteiger partial charge on any atom is 0.283 e. The fraction of sp³-hybridized carbons (Fsp3) is 0.500. The third-order valence-corrected chi connectivity index (χ3v) is 2.04. The van der Waals surface area contributed by atoms with E-state index in [0.29, 0.717) is 19.8 Å². The van der Waals surface area contributed by atoms with Gasteiger partial charge >= 0.3 is 0 Å². The van der Waals surface area contributed by atoms with Crippen LogP contribution in [0.15, 0.2) is 17.6 Å². The zero-order valence-electron chi connectivity index (χ0n) is 8.72. The molecule has 0 aliphatic heterocycles. The number of nitroso groups, excluding NO2 is 1. The number of hydrogen-bond donors (Lipinski definition) is 0. The lowest BCUT2D eigenvalue weighted by Crippen LogP contribution is -2.32. The third kappa shape index (κ3) is 3.18. The maximum atomic E-state index is 10.2. The standard InChI is InChI=1S/C10H14N3O2/c1-3-4-7-15-9-13-6-5-12(2)10(13)8-11-14/h1,5-6H,4,7-9H2,2H3/q+1. The van der Waals surface area contributed by atoms with E-state index in [4.69, 9.17) is 11.2 Å². The van der Waals surface area contributed by atoms with Crippen molar-refractivity contribution in [1.82, 2.24) is 4.57 Å². The first-order valence-corrected chi connectivity index (χ1v) is 4.63. The molecule has 0 fully saturated rings. The summed E-state index contributed by atoms with van der Waals surface area (Å²) in [6.45, 7) is 1.06. The second-order valence-electron chi connectivity index (χ2n) is 3.07. The summed E-state index contributed by atoms with van der Waals surface area (Å²) in [6.07, 6.45) is 9.38. The van der Waals surface area contributed by atoms with Crippen molar-refractivity contribution in [2.75, 3.05) is 6.61 Å². The summed E-state index contributed by atoms with van der Waals surface area (Å²) < 4.78 is 8.99. The largest absolute Gasteiger partial charge is 0.341 e. The molecule has 0 aliphatic rings. The van der Waals surface area contributed by atoms with Crippen LogP contribution in [-0.2, 0) is 25.1 Å². The molecule has 1 aromatic heterocycles. The Hall–Kier alpha value is -1.67. The zero-order valence-corrected chi connectivity index (χ0v) is 8.72. The topological polar surface area (TPSA) is 47.5 Å². The number of aryl methyl sites for hydroxylation is 1. The highest BCUT2D eigenvalue weighted by Crippen LogP contribution is 1.98. The van der Waals surface area contributed by atoms with Gasteiger partial charge in [0, 0.05) is 6.42 Å². The van der Waals surface area contributed by atoms with Gasteiger partial charge in [0.2, 0.25) is 0 Å². The summed E-state index contributed by atoms with van der Waals surface area (Å²) in [4.78, 5) is 10.2. The third-order valence-electron chi connectivity index (χ3n) is 2.04. The van der Waals surface area contributed by atoms with Crippen LogP contribution in [0.25, 0.3) is 0 Å². The summed E-state index contributed by atoms with van der Waals surface area (Å²) in [5.74, 6) is 3.30. The molecule has 0 spiro atoms. The van der Waals surface area contributed by atoms with Crippen LogP contribution < -0.4 is 4.57 Å². The lowest BCUT2D eigenvalue weighted by Gasteiger charge is -2.00. The van der Waals surface area contributed by atoms with Gasteiger partial charge in [0.15, 0.2) is 13.3 Å². The molecular weight excluding hydrogens is 194 g/mol. The molecule has 0 saturated carbocycles. The molecule has 1 heterocycles. The van der Waals surface area contributed by atoms with Gasteiger partial charge in [-0.3, -0.25) is 0 Å². The van der Waals surface area contributed by atoms with Gasteiger partial charge in [-0.05, 0) is 0 Å². The zero-order chi connectivity index (χ0) is 11.1. The van der Waals surface area contributed by atoms with Gasteiger partial charge in [0.25, 0.3) is 5.82 Å². The van der Waals surface area contributed by atoms with E-state index < -0.39 is 0 Å². The van der Waals surface area contributed by atoms with E-state index >= 15 is 0 Å². The minimum atomic E-state index is 0.141. The maximum absolute atomic E-state index is 10.2. The van der Waals surface area contributed by atoms with E-state index in [0.717, 1.165) is 5.82 Å². The van der Waals surface area contributed by atoms with Crippen LogP contribution >= 0.6 is 0 Å². The van der Waals surface area contributed by atoms with Gasteiger partial charge in [0.05, 0.1) is 13.7 Å².